The van der Waals surface area contributed by atoms with Crippen LogP contribution < -0.4 is 0 Å². The van der Waals surface area contributed by atoms with Crippen molar-refractivity contribution in [3.63, 3.8) is 0 Å². The maximum Gasteiger partial charge on any atom is 0.352 e. The molecule has 2 heterocycles. The van der Waals surface area contributed by atoms with Gasteiger partial charge in [-0.2, -0.15) is 0 Å². The van der Waals surface area contributed by atoms with E-state index in [1.54, 1.807) is 6.08 Å². The fourth-order valence-corrected chi connectivity index (χ4v) is 3.75. The molecule has 21 heavy (non-hydrogen) atoms. The van der Waals surface area contributed by atoms with Crippen molar-refractivity contribution in [2.24, 2.45) is 0 Å². The topological polar surface area (TPSA) is 77.8 Å². The molecule has 1 atom stereocenters. The zero-order chi connectivity index (χ0) is 15.0. The predicted octanol–water partition coefficient (Wildman–Crippen LogP) is 1.32. The molecule has 2 aliphatic heterocycles. The lowest BCUT2D eigenvalue weighted by Gasteiger charge is -2.45. The van der Waals surface area contributed by atoms with Crippen LogP contribution in [0.3, 0.4) is 0 Å². The van der Waals surface area contributed by atoms with Crippen LogP contribution in [0, 0.1) is 0 Å². The Hall–Kier alpha value is -2.05. The van der Waals surface area contributed by atoms with Crippen molar-refractivity contribution in [3.05, 3.63) is 52.7 Å². The minimum Gasteiger partial charge on any atom is -0.477 e. The van der Waals surface area contributed by atoms with Crippen LogP contribution in [0.15, 0.2) is 47.2 Å². The molecule has 1 aromatic rings. The van der Waals surface area contributed by atoms with Crippen molar-refractivity contribution in [1.29, 1.82) is 0 Å². The number of carboxylic acid groups (broad SMARTS) is 1. The van der Waals surface area contributed by atoms with E-state index in [1.165, 1.54) is 16.7 Å². The van der Waals surface area contributed by atoms with E-state index in [2.05, 4.69) is 0 Å². The molecule has 0 aromatic heterocycles. The van der Waals surface area contributed by atoms with Gasteiger partial charge in [0.15, 0.2) is 0 Å². The molecule has 6 heteroatoms. The molecule has 0 spiro atoms. The van der Waals surface area contributed by atoms with E-state index in [0.717, 1.165) is 5.56 Å². The van der Waals surface area contributed by atoms with Crippen molar-refractivity contribution in [3.8, 4) is 0 Å². The predicted molar refractivity (Wildman–Crippen MR) is 79.3 cm³/mol. The highest BCUT2D eigenvalue weighted by Crippen LogP contribution is 2.43. The van der Waals surface area contributed by atoms with Gasteiger partial charge in [-0.3, -0.25) is 9.69 Å². The molecule has 0 aliphatic carbocycles. The lowest BCUT2D eigenvalue weighted by atomic mass is 9.99. The van der Waals surface area contributed by atoms with E-state index in [9.17, 15) is 19.8 Å². The zero-order valence-electron chi connectivity index (χ0n) is 11.0. The molecule has 1 saturated heterocycles. The van der Waals surface area contributed by atoms with Gasteiger partial charge in [-0.15, -0.1) is 11.8 Å². The number of benzene rings is 1. The van der Waals surface area contributed by atoms with Crippen LogP contribution in [0.4, 0.5) is 0 Å². The number of aliphatic hydroxyl groups excluding tert-OH is 1. The molecule has 1 amide bonds. The molecule has 0 bridgehead atoms. The first kappa shape index (κ1) is 13.9. The van der Waals surface area contributed by atoms with E-state index in [-0.39, 0.29) is 23.6 Å². The third-order valence-corrected chi connectivity index (χ3v) is 4.77. The number of carbonyl (C=O) groups excluding carboxylic acids is 1. The second-order valence-corrected chi connectivity index (χ2v) is 5.83. The summed E-state index contributed by atoms with van der Waals surface area (Å²) in [6.45, 7) is -0.344. The van der Waals surface area contributed by atoms with Crippen LogP contribution in [0.25, 0.3) is 6.08 Å². The van der Waals surface area contributed by atoms with E-state index < -0.39 is 5.97 Å². The smallest absolute Gasteiger partial charge is 0.352 e. The van der Waals surface area contributed by atoms with Crippen LogP contribution >= 0.6 is 11.8 Å². The van der Waals surface area contributed by atoms with Gasteiger partial charge in [-0.1, -0.05) is 30.3 Å². The summed E-state index contributed by atoms with van der Waals surface area (Å²) in [4.78, 5) is 24.8. The Kier molecular flexibility index (Phi) is 3.57. The fraction of sp³-hybridized carbons (Fsp3) is 0.200. The van der Waals surface area contributed by atoms with E-state index in [4.69, 9.17) is 0 Å². The second kappa shape index (κ2) is 5.38. The normalized spacial score (nSPS) is 23.1. The van der Waals surface area contributed by atoms with Crippen LogP contribution in [-0.2, 0) is 9.59 Å². The number of hydrogen-bond donors (Lipinski definition) is 2. The molecule has 1 aromatic carbocycles. The van der Waals surface area contributed by atoms with Gasteiger partial charge in [0.1, 0.15) is 11.1 Å². The Morgan fingerprint density at radius 1 is 1.38 bits per heavy atom. The average molecular weight is 303 g/mol. The largest absolute Gasteiger partial charge is 0.477 e. The molecular formula is C15H13NO4S. The van der Waals surface area contributed by atoms with Gasteiger partial charge in [0.05, 0.1) is 12.2 Å². The maximum absolute atomic E-state index is 12.2. The van der Waals surface area contributed by atoms with Gasteiger partial charge >= 0.3 is 5.97 Å². The number of rotatable bonds is 3. The highest BCUT2D eigenvalue weighted by atomic mass is 32.2. The number of carboxylic acids is 1. The minimum absolute atomic E-state index is 0.0727. The number of fused-ring (bicyclic) bond motifs is 1. The number of carbonyl (C=O) groups is 2. The minimum atomic E-state index is -1.17. The summed E-state index contributed by atoms with van der Waals surface area (Å²) in [7, 11) is 0. The lowest BCUT2D eigenvalue weighted by Crippen LogP contribution is -2.56. The van der Waals surface area contributed by atoms with Crippen LogP contribution in [-0.4, -0.2) is 44.7 Å². The summed E-state index contributed by atoms with van der Waals surface area (Å²) in [5.74, 6) is -1.06. The summed E-state index contributed by atoms with van der Waals surface area (Å²) in [6, 6.07) is 9.44. The van der Waals surface area contributed by atoms with Crippen LogP contribution in [0.2, 0.25) is 0 Å². The number of aliphatic carboxylic acids is 1. The van der Waals surface area contributed by atoms with Gasteiger partial charge in [0.25, 0.3) is 5.91 Å². The van der Waals surface area contributed by atoms with Crippen LogP contribution in [0.1, 0.15) is 5.56 Å². The summed E-state index contributed by atoms with van der Waals surface area (Å²) in [6.07, 6.45) is 1.79. The first-order valence-corrected chi connectivity index (χ1v) is 7.46. The molecule has 2 N–H and O–H groups in total. The van der Waals surface area contributed by atoms with E-state index in [0.29, 0.717) is 16.9 Å². The Morgan fingerprint density at radius 2 is 2.10 bits per heavy atom. The van der Waals surface area contributed by atoms with Gasteiger partial charge in [0.2, 0.25) is 0 Å². The fourth-order valence-electron chi connectivity index (χ4n) is 2.46. The maximum atomic E-state index is 12.2. The molecule has 1 unspecified atom stereocenters. The zero-order valence-corrected chi connectivity index (χ0v) is 11.8. The Bertz CT molecular complexity index is 666. The Labute approximate surface area is 125 Å². The quantitative estimate of drug-likeness (QED) is 0.650. The van der Waals surface area contributed by atoms with Crippen LogP contribution in [0.5, 0.6) is 0 Å². The first-order chi connectivity index (χ1) is 10.1. The number of aliphatic hydroxyl groups is 1. The van der Waals surface area contributed by atoms with Gasteiger partial charge < -0.3 is 10.2 Å². The molecule has 1 fully saturated rings. The number of β-lactam (4-membered cyclic amide) rings is 1. The first-order valence-electron chi connectivity index (χ1n) is 6.41. The molecular weight excluding hydrogens is 290 g/mol. The molecule has 3 rings (SSSR count). The Morgan fingerprint density at radius 3 is 2.71 bits per heavy atom. The van der Waals surface area contributed by atoms with Crippen molar-refractivity contribution in [1.82, 2.24) is 4.90 Å². The number of nitrogens with zero attached hydrogens (tertiary/aromatic N) is 1. The van der Waals surface area contributed by atoms with Gasteiger partial charge in [0, 0.05) is 5.75 Å². The summed E-state index contributed by atoms with van der Waals surface area (Å²) < 4.78 is 0. The average Bonchev–Trinajstić information content (AvgIpc) is 2.51. The van der Waals surface area contributed by atoms with Crippen molar-refractivity contribution in [2.75, 3.05) is 12.4 Å². The molecule has 2 aliphatic rings. The van der Waals surface area contributed by atoms with E-state index >= 15 is 0 Å². The standard InChI is InChI=1S/C15H13NO4S/c17-7-10-8-21-14-11(6-9-4-2-1-3-5-9)13(18)16(14)12(10)15(19)20/h1-6,14,17H,7-8H2,(H,19,20). The lowest BCUT2D eigenvalue weighted by molar-refractivity contribution is -0.141. The third kappa shape index (κ3) is 2.26. The van der Waals surface area contributed by atoms with Crippen molar-refractivity contribution < 1.29 is 19.8 Å². The SMILES string of the molecule is O=C(O)C1=C(CO)CSC2C(=Cc3ccccc3)C(=O)N12. The number of thioether (sulfide) groups is 1. The number of hydrogen-bond acceptors (Lipinski definition) is 4. The molecule has 5 nitrogen and oxygen atoms in total. The summed E-state index contributed by atoms with van der Waals surface area (Å²) in [5, 5.41) is 18.2. The third-order valence-electron chi connectivity index (χ3n) is 3.47. The van der Waals surface area contributed by atoms with Gasteiger partial charge in [-0.05, 0) is 17.2 Å². The summed E-state index contributed by atoms with van der Waals surface area (Å²) in [5.41, 5.74) is 1.82. The molecule has 0 saturated carbocycles. The molecule has 0 radical (unpaired) electrons. The molecule has 108 valence electrons. The van der Waals surface area contributed by atoms with Crippen molar-refractivity contribution in [2.45, 2.75) is 5.37 Å². The monoisotopic (exact) mass is 303 g/mol. The highest BCUT2D eigenvalue weighted by Gasteiger charge is 2.49. The Balaban J connectivity index is 1.94. The van der Waals surface area contributed by atoms with Crippen molar-refractivity contribution >= 4 is 29.7 Å². The van der Waals surface area contributed by atoms with E-state index in [1.807, 2.05) is 30.3 Å². The summed E-state index contributed by atoms with van der Waals surface area (Å²) >= 11 is 1.45. The van der Waals surface area contributed by atoms with Gasteiger partial charge in [-0.25, -0.2) is 4.79 Å². The number of amides is 1. The second-order valence-electron chi connectivity index (χ2n) is 4.76. The highest BCUT2D eigenvalue weighted by molar-refractivity contribution is 8.00.